The molecule has 0 saturated heterocycles. The first-order chi connectivity index (χ1) is 8.65. The molecule has 0 aliphatic rings. The first kappa shape index (κ1) is 15.0. The maximum atomic E-state index is 11.4. The van der Waals surface area contributed by atoms with Crippen molar-refractivity contribution >= 4 is 35.3 Å². The minimum atomic E-state index is -0.0946. The topological polar surface area (TPSA) is 41.5 Å². The molecule has 5 heteroatoms. The van der Waals surface area contributed by atoms with E-state index in [1.807, 2.05) is 0 Å². The number of nitrogens with one attached hydrogen (secondary N) is 1. The molecule has 98 valence electrons. The summed E-state index contributed by atoms with van der Waals surface area (Å²) in [5.74, 6) is -0.0946. The van der Waals surface area contributed by atoms with E-state index in [0.29, 0.717) is 22.0 Å². The normalized spacial score (nSPS) is 10.8. The summed E-state index contributed by atoms with van der Waals surface area (Å²) in [6.45, 7) is 2.09. The van der Waals surface area contributed by atoms with Gasteiger partial charge in [-0.2, -0.15) is 5.10 Å². The van der Waals surface area contributed by atoms with Crippen LogP contribution in [0, 0.1) is 0 Å². The highest BCUT2D eigenvalue weighted by atomic mass is 35.5. The second kappa shape index (κ2) is 8.11. The molecule has 0 bridgehead atoms. The first-order valence-electron chi connectivity index (χ1n) is 5.91. The Morgan fingerprint density at radius 1 is 1.33 bits per heavy atom. The van der Waals surface area contributed by atoms with Crippen molar-refractivity contribution in [2.45, 2.75) is 32.6 Å². The molecule has 0 saturated carbocycles. The monoisotopic (exact) mass is 286 g/mol. The predicted molar refractivity (Wildman–Crippen MR) is 76.3 cm³/mol. The van der Waals surface area contributed by atoms with Gasteiger partial charge in [-0.15, -0.1) is 0 Å². The number of carbonyl (C=O) groups is 1. The standard InChI is InChI=1S/C13H16Cl2N2O/c1-2-3-4-8-13(18)17-16-9-10-11(14)6-5-7-12(10)15/h5-7,9H,2-4,8H2,1H3,(H,17,18)/b16-9-. The fourth-order valence-electron chi connectivity index (χ4n) is 1.39. The lowest BCUT2D eigenvalue weighted by atomic mass is 10.2. The molecule has 0 spiro atoms. The molecule has 0 aromatic heterocycles. The van der Waals surface area contributed by atoms with Crippen molar-refractivity contribution in [2.75, 3.05) is 0 Å². The number of rotatable bonds is 6. The van der Waals surface area contributed by atoms with Crippen molar-refractivity contribution in [2.24, 2.45) is 5.10 Å². The summed E-state index contributed by atoms with van der Waals surface area (Å²) in [6, 6.07) is 5.20. The zero-order chi connectivity index (χ0) is 13.4. The summed E-state index contributed by atoms with van der Waals surface area (Å²) in [7, 11) is 0. The van der Waals surface area contributed by atoms with Crippen molar-refractivity contribution in [3.05, 3.63) is 33.8 Å². The number of carbonyl (C=O) groups excluding carboxylic acids is 1. The number of amides is 1. The number of hydrogen-bond donors (Lipinski definition) is 1. The Morgan fingerprint density at radius 2 is 2.00 bits per heavy atom. The molecule has 0 heterocycles. The molecule has 0 aliphatic carbocycles. The molecule has 0 fully saturated rings. The maximum Gasteiger partial charge on any atom is 0.240 e. The third-order valence-corrected chi connectivity index (χ3v) is 3.05. The van der Waals surface area contributed by atoms with E-state index in [0.717, 1.165) is 19.3 Å². The molecule has 1 amide bonds. The zero-order valence-electron chi connectivity index (χ0n) is 10.2. The van der Waals surface area contributed by atoms with Gasteiger partial charge < -0.3 is 0 Å². The number of unbranched alkanes of at least 4 members (excludes halogenated alkanes) is 2. The Hall–Kier alpha value is -1.06. The Labute approximate surface area is 117 Å². The van der Waals surface area contributed by atoms with Crippen LogP contribution in [0.25, 0.3) is 0 Å². The number of hydrazone groups is 1. The number of hydrogen-bond acceptors (Lipinski definition) is 2. The molecule has 3 nitrogen and oxygen atoms in total. The Bertz CT molecular complexity index is 413. The molecule has 1 aromatic rings. The lowest BCUT2D eigenvalue weighted by Crippen LogP contribution is -2.16. The largest absolute Gasteiger partial charge is 0.273 e. The van der Waals surface area contributed by atoms with Gasteiger partial charge in [0, 0.05) is 12.0 Å². The van der Waals surface area contributed by atoms with Gasteiger partial charge in [0.2, 0.25) is 5.91 Å². The van der Waals surface area contributed by atoms with E-state index < -0.39 is 0 Å². The van der Waals surface area contributed by atoms with Crippen molar-refractivity contribution in [1.29, 1.82) is 0 Å². The molecule has 18 heavy (non-hydrogen) atoms. The van der Waals surface area contributed by atoms with Crippen molar-refractivity contribution in [3.63, 3.8) is 0 Å². The summed E-state index contributed by atoms with van der Waals surface area (Å²) in [4.78, 5) is 11.4. The molecular formula is C13H16Cl2N2O. The first-order valence-corrected chi connectivity index (χ1v) is 6.66. The van der Waals surface area contributed by atoms with Crippen LogP contribution in [0.15, 0.2) is 23.3 Å². The van der Waals surface area contributed by atoms with Gasteiger partial charge in [-0.05, 0) is 18.6 Å². The molecular weight excluding hydrogens is 271 g/mol. The molecule has 0 aliphatic heterocycles. The van der Waals surface area contributed by atoms with Crippen LogP contribution in [0.3, 0.4) is 0 Å². The van der Waals surface area contributed by atoms with Crippen molar-refractivity contribution in [1.82, 2.24) is 5.43 Å². The second-order valence-electron chi connectivity index (χ2n) is 3.89. The quantitative estimate of drug-likeness (QED) is 0.479. The molecule has 0 unspecified atom stereocenters. The summed E-state index contributed by atoms with van der Waals surface area (Å²) in [6.07, 6.45) is 4.97. The van der Waals surface area contributed by atoms with Gasteiger partial charge in [0.05, 0.1) is 16.3 Å². The van der Waals surface area contributed by atoms with Crippen molar-refractivity contribution < 1.29 is 4.79 Å². The Balaban J connectivity index is 2.47. The highest BCUT2D eigenvalue weighted by molar-refractivity contribution is 6.38. The van der Waals surface area contributed by atoms with E-state index in [1.165, 1.54) is 6.21 Å². The molecule has 0 atom stereocenters. The van der Waals surface area contributed by atoms with E-state index in [-0.39, 0.29) is 5.91 Å². The number of halogens is 2. The van der Waals surface area contributed by atoms with Gasteiger partial charge in [-0.3, -0.25) is 4.79 Å². The van der Waals surface area contributed by atoms with E-state index in [2.05, 4.69) is 17.5 Å². The van der Waals surface area contributed by atoms with Crippen LogP contribution in [0.5, 0.6) is 0 Å². The zero-order valence-corrected chi connectivity index (χ0v) is 11.8. The summed E-state index contributed by atoms with van der Waals surface area (Å²) >= 11 is 11.9. The van der Waals surface area contributed by atoms with Gasteiger partial charge in [-0.1, -0.05) is 49.0 Å². The average Bonchev–Trinajstić information content (AvgIpc) is 2.33. The van der Waals surface area contributed by atoms with E-state index in [9.17, 15) is 4.79 Å². The summed E-state index contributed by atoms with van der Waals surface area (Å²) in [5.41, 5.74) is 3.06. The highest BCUT2D eigenvalue weighted by Gasteiger charge is 2.02. The lowest BCUT2D eigenvalue weighted by molar-refractivity contribution is -0.121. The SMILES string of the molecule is CCCCCC(=O)N/N=C\c1c(Cl)cccc1Cl. The molecule has 1 rings (SSSR count). The fraction of sp³-hybridized carbons (Fsp3) is 0.385. The maximum absolute atomic E-state index is 11.4. The van der Waals surface area contributed by atoms with Gasteiger partial charge in [0.25, 0.3) is 0 Å². The van der Waals surface area contributed by atoms with Crippen LogP contribution in [0.1, 0.15) is 38.2 Å². The molecule has 0 radical (unpaired) electrons. The summed E-state index contributed by atoms with van der Waals surface area (Å²) < 4.78 is 0. The van der Waals surface area contributed by atoms with Gasteiger partial charge in [-0.25, -0.2) is 5.43 Å². The summed E-state index contributed by atoms with van der Waals surface area (Å²) in [5, 5.41) is 4.86. The van der Waals surface area contributed by atoms with Gasteiger partial charge in [0.1, 0.15) is 0 Å². The van der Waals surface area contributed by atoms with E-state index in [4.69, 9.17) is 23.2 Å². The van der Waals surface area contributed by atoms with Crippen LogP contribution < -0.4 is 5.43 Å². The lowest BCUT2D eigenvalue weighted by Gasteiger charge is -2.01. The van der Waals surface area contributed by atoms with Crippen LogP contribution >= 0.6 is 23.2 Å². The van der Waals surface area contributed by atoms with E-state index >= 15 is 0 Å². The van der Waals surface area contributed by atoms with Crippen LogP contribution in [0.4, 0.5) is 0 Å². The van der Waals surface area contributed by atoms with Crippen LogP contribution in [-0.4, -0.2) is 12.1 Å². The van der Waals surface area contributed by atoms with Gasteiger partial charge >= 0.3 is 0 Å². The number of nitrogens with zero attached hydrogens (tertiary/aromatic N) is 1. The minimum absolute atomic E-state index is 0.0946. The smallest absolute Gasteiger partial charge is 0.240 e. The second-order valence-corrected chi connectivity index (χ2v) is 4.70. The van der Waals surface area contributed by atoms with E-state index in [1.54, 1.807) is 18.2 Å². The Morgan fingerprint density at radius 3 is 2.61 bits per heavy atom. The van der Waals surface area contributed by atoms with Crippen molar-refractivity contribution in [3.8, 4) is 0 Å². The highest BCUT2D eigenvalue weighted by Crippen LogP contribution is 2.21. The van der Waals surface area contributed by atoms with Crippen LogP contribution in [0.2, 0.25) is 10.0 Å². The predicted octanol–water partition coefficient (Wildman–Crippen LogP) is 4.02. The Kier molecular flexibility index (Phi) is 6.76. The molecule has 1 aromatic carbocycles. The minimum Gasteiger partial charge on any atom is -0.273 e. The average molecular weight is 287 g/mol. The third-order valence-electron chi connectivity index (χ3n) is 2.39. The molecule has 1 N–H and O–H groups in total. The third kappa shape index (κ3) is 5.07. The number of benzene rings is 1. The van der Waals surface area contributed by atoms with Gasteiger partial charge in [0.15, 0.2) is 0 Å². The van der Waals surface area contributed by atoms with Crippen LogP contribution in [-0.2, 0) is 4.79 Å². The fourth-order valence-corrected chi connectivity index (χ4v) is 1.89.